The third kappa shape index (κ3) is 34.3. The number of carbonyl (C=O) groups is 6. The average molecular weight is 1930 g/mol. The van der Waals surface area contributed by atoms with Gasteiger partial charge in [-0.15, -0.1) is 0 Å². The van der Waals surface area contributed by atoms with Crippen LogP contribution in [-0.2, 0) is 98.5 Å². The number of carboxylic acid groups (broad SMARTS) is 4. The van der Waals surface area contributed by atoms with Gasteiger partial charge in [0.15, 0.2) is 11.5 Å². The van der Waals surface area contributed by atoms with Gasteiger partial charge in [-0.05, 0) is 213 Å². The van der Waals surface area contributed by atoms with Crippen molar-refractivity contribution < 1.29 is 111 Å². The summed E-state index contributed by atoms with van der Waals surface area (Å²) in [6, 6.07) is 32.8. The molecule has 0 aromatic heterocycles. The van der Waals surface area contributed by atoms with Crippen LogP contribution >= 0.6 is 110 Å². The molecule has 109 heavy (non-hydrogen) atoms. The fourth-order valence-electron chi connectivity index (χ4n) is 8.86. The van der Waals surface area contributed by atoms with Crippen LogP contribution < -0.4 is 48.5 Å². The molecule has 0 saturated heterocycles. The number of rotatable bonds is 31. The van der Waals surface area contributed by atoms with E-state index in [1.54, 1.807) is 66.7 Å². The van der Waals surface area contributed by atoms with E-state index in [0.29, 0.717) is 68.6 Å². The zero-order valence-corrected chi connectivity index (χ0v) is 69.2. The number of benzene rings is 8. The molecule has 0 radical (unpaired) electrons. The van der Waals surface area contributed by atoms with Gasteiger partial charge in [-0.3, -0.25) is 47.7 Å². The first-order valence-corrected chi connectivity index (χ1v) is 42.5. The van der Waals surface area contributed by atoms with Gasteiger partial charge in [-0.25, -0.2) is 42.5 Å². The second-order valence-electron chi connectivity index (χ2n) is 22.7. The zero-order valence-electron chi connectivity index (χ0n) is 56.6. The van der Waals surface area contributed by atoms with Crippen molar-refractivity contribution in [2.75, 3.05) is 57.0 Å². The number of sulfonamides is 4. The molecule has 0 heterocycles. The van der Waals surface area contributed by atoms with Gasteiger partial charge in [0.1, 0.15) is 62.7 Å². The SMILES string of the molecule is CS(=O)(=O)Nc1cc(F)cc(COc2c(Br)cc(C(=O)NCC(=O)O)cc2Br)c1.CS(=O)(=O)Nc1cc(F)cc(COc2c(Cl)cc(CCC(=O)O)cc2Cl)c1.CS(=O)(=O)Nc1cccc(COc2c(Br)cc(CC(=O)O)cc2Br)c1.CS(=O)(=O)Nc1cccc(COc2c(Cl)cc(C(=O)NCC(=O)O)cc2Cl)c1. The Bertz CT molecular complexity index is 5130. The lowest BCUT2D eigenvalue weighted by molar-refractivity contribution is -0.137. The average Bonchev–Trinajstić information content (AvgIpc) is 1.19. The molecular weight excluding hydrogens is 1870 g/mol. The van der Waals surface area contributed by atoms with Crippen molar-refractivity contribution in [3.05, 3.63) is 228 Å². The summed E-state index contributed by atoms with van der Waals surface area (Å²) in [7, 11) is -13.9. The molecule has 586 valence electrons. The van der Waals surface area contributed by atoms with Gasteiger partial charge in [0.25, 0.3) is 11.8 Å². The number of anilines is 4. The summed E-state index contributed by atoms with van der Waals surface area (Å²) in [5, 5.41) is 39.8. The van der Waals surface area contributed by atoms with Crippen molar-refractivity contribution in [3.8, 4) is 23.0 Å². The fourth-order valence-corrected chi connectivity index (χ4v) is 15.2. The van der Waals surface area contributed by atoms with Crippen molar-refractivity contribution in [2.45, 2.75) is 45.7 Å². The van der Waals surface area contributed by atoms with E-state index in [4.69, 9.17) is 85.8 Å². The van der Waals surface area contributed by atoms with Crippen LogP contribution in [0, 0.1) is 11.6 Å². The lowest BCUT2D eigenvalue weighted by atomic mass is 10.1. The maximum absolute atomic E-state index is 13.8. The molecule has 0 spiro atoms. The Balaban J connectivity index is 0.000000261. The first-order valence-electron chi connectivity index (χ1n) is 30.2. The summed E-state index contributed by atoms with van der Waals surface area (Å²) in [6.07, 6.45) is 4.16. The van der Waals surface area contributed by atoms with Gasteiger partial charge in [-0.2, -0.15) is 0 Å². The number of nitrogens with one attached hydrogen (secondary N) is 6. The maximum atomic E-state index is 13.8. The van der Waals surface area contributed by atoms with Crippen LogP contribution in [0.4, 0.5) is 31.5 Å². The topological polar surface area (TPSA) is 429 Å². The van der Waals surface area contributed by atoms with Crippen LogP contribution in [0.3, 0.4) is 0 Å². The molecule has 0 atom stereocenters. The first kappa shape index (κ1) is 91.3. The number of hydrogen-bond acceptors (Lipinski definition) is 18. The molecule has 0 saturated carbocycles. The summed E-state index contributed by atoms with van der Waals surface area (Å²) in [5.41, 5.74) is 4.71. The quantitative estimate of drug-likeness (QED) is 0.0193. The van der Waals surface area contributed by atoms with E-state index in [1.165, 1.54) is 48.5 Å². The summed E-state index contributed by atoms with van der Waals surface area (Å²) in [5.74, 6) is -5.54. The maximum Gasteiger partial charge on any atom is 0.322 e. The van der Waals surface area contributed by atoms with E-state index in [1.807, 2.05) is 6.07 Å². The highest BCUT2D eigenvalue weighted by molar-refractivity contribution is 9.11. The summed E-state index contributed by atoms with van der Waals surface area (Å²) in [4.78, 5) is 66.4. The number of aliphatic carboxylic acids is 4. The second kappa shape index (κ2) is 41.7. The van der Waals surface area contributed by atoms with Gasteiger partial charge in [0.2, 0.25) is 40.1 Å². The zero-order chi connectivity index (χ0) is 81.5. The molecule has 0 unspecified atom stereocenters. The molecule has 8 aromatic carbocycles. The Morgan fingerprint density at radius 1 is 0.376 bits per heavy atom. The molecular formula is C67H62Br4Cl4F2N6O22S4. The Morgan fingerprint density at radius 3 is 1.05 bits per heavy atom. The Hall–Kier alpha value is -8.28. The number of carbonyl (C=O) groups excluding carboxylic acids is 2. The van der Waals surface area contributed by atoms with Crippen LogP contribution in [0.1, 0.15) is 60.5 Å². The number of ether oxygens (including phenoxy) is 4. The highest BCUT2D eigenvalue weighted by Gasteiger charge is 2.20. The molecule has 0 bridgehead atoms. The van der Waals surface area contributed by atoms with Gasteiger partial charge in [0.05, 0.1) is 80.8 Å². The number of halogens is 10. The molecule has 0 aliphatic rings. The summed E-state index contributed by atoms with van der Waals surface area (Å²) in [6.45, 7) is -0.986. The van der Waals surface area contributed by atoms with Crippen LogP contribution in [0.5, 0.6) is 23.0 Å². The molecule has 0 aliphatic heterocycles. The second-order valence-corrected chi connectivity index (χ2v) is 34.7. The monoisotopic (exact) mass is 1920 g/mol. The van der Waals surface area contributed by atoms with E-state index in [9.17, 15) is 71.2 Å². The minimum atomic E-state index is -3.56. The third-order valence-corrected chi connectivity index (χ3v) is 18.8. The molecule has 28 nitrogen and oxygen atoms in total. The lowest BCUT2D eigenvalue weighted by Gasteiger charge is -2.13. The van der Waals surface area contributed by atoms with E-state index >= 15 is 0 Å². The minimum Gasteiger partial charge on any atom is -0.487 e. The Kier molecular flexibility index (Phi) is 34.9. The predicted octanol–water partition coefficient (Wildman–Crippen LogP) is 13.8. The smallest absolute Gasteiger partial charge is 0.322 e. The number of amides is 2. The molecule has 10 N–H and O–H groups in total. The van der Waals surface area contributed by atoms with Gasteiger partial charge >= 0.3 is 23.9 Å². The van der Waals surface area contributed by atoms with E-state index in [-0.39, 0.29) is 99.8 Å². The third-order valence-electron chi connectivity index (χ3n) is 12.9. The molecule has 8 rings (SSSR count). The van der Waals surface area contributed by atoms with Crippen LogP contribution in [-0.4, -0.2) is 128 Å². The van der Waals surface area contributed by atoms with E-state index in [0.717, 1.165) is 42.7 Å². The van der Waals surface area contributed by atoms with Crippen LogP contribution in [0.2, 0.25) is 20.1 Å². The Morgan fingerprint density at radius 2 is 0.697 bits per heavy atom. The van der Waals surface area contributed by atoms with Crippen molar-refractivity contribution >= 4 is 209 Å². The van der Waals surface area contributed by atoms with E-state index < -0.39 is 101 Å². The number of carboxylic acids is 4. The summed E-state index contributed by atoms with van der Waals surface area (Å²) >= 11 is 37.8. The van der Waals surface area contributed by atoms with Crippen molar-refractivity contribution in [1.82, 2.24) is 10.6 Å². The van der Waals surface area contributed by atoms with Gasteiger partial charge < -0.3 is 50.0 Å². The van der Waals surface area contributed by atoms with Crippen LogP contribution in [0.15, 0.2) is 151 Å². The number of hydrogen-bond donors (Lipinski definition) is 10. The highest BCUT2D eigenvalue weighted by Crippen LogP contribution is 2.39. The molecule has 8 aromatic rings. The molecule has 0 aliphatic carbocycles. The van der Waals surface area contributed by atoms with E-state index in [2.05, 4.69) is 93.2 Å². The highest BCUT2D eigenvalue weighted by atomic mass is 79.9. The summed E-state index contributed by atoms with van der Waals surface area (Å²) < 4.78 is 152. The van der Waals surface area contributed by atoms with Crippen LogP contribution in [0.25, 0.3) is 0 Å². The van der Waals surface area contributed by atoms with Crippen molar-refractivity contribution in [1.29, 1.82) is 0 Å². The molecule has 42 heteroatoms. The molecule has 0 fully saturated rings. The first-order chi connectivity index (χ1) is 50.7. The molecule has 2 amide bonds. The predicted molar refractivity (Wildman–Crippen MR) is 421 cm³/mol. The van der Waals surface area contributed by atoms with Crippen molar-refractivity contribution in [3.63, 3.8) is 0 Å². The standard InChI is InChI=1S/C17H15Br2FN2O6S.C17H16Cl2FNO5S.C17H16Cl2N2O6S.C16H15Br2NO5S/c1-29(26,27)22-12-3-9(2-11(20)6-12)8-28-16-13(18)4-10(5-14(16)19)17(25)21-7-15(23)24;1-27(24,25)21-13-5-11(4-12(20)8-13)9-26-17-14(18)6-10(7-15(17)19)2-3-16(22)23;1-28(25,26)21-12-4-2-3-10(5-12)9-27-16-13(18)6-11(7-14(16)19)17(24)20-8-15(22)23;1-25(22,23)19-12-4-2-3-10(5-12)9-24-16-13(17)6-11(7-14(16)18)8-15(20)21/h2-6,22H,7-8H2,1H3,(H,21,25)(H,23,24);4-8,21H,2-3,9H2,1H3,(H,22,23);2-7,21H,8-9H2,1H3,(H,20,24)(H,22,23);2-7,19H,8-9H2,1H3,(H,20,21). The minimum absolute atomic E-state index is 0.0449. The lowest BCUT2D eigenvalue weighted by Crippen LogP contribution is -2.29. The van der Waals surface area contributed by atoms with Crippen molar-refractivity contribution in [2.24, 2.45) is 0 Å². The van der Waals surface area contributed by atoms with Gasteiger partial charge in [-0.1, -0.05) is 70.7 Å². The van der Waals surface area contributed by atoms with Gasteiger partial charge in [0, 0.05) is 28.9 Å². The fraction of sp³-hybridized carbons (Fsp3) is 0.194. The Labute approximate surface area is 677 Å². The largest absolute Gasteiger partial charge is 0.487 e. The normalized spacial score (nSPS) is 11.1. The number of aryl methyl sites for hydroxylation is 1.